The van der Waals surface area contributed by atoms with E-state index in [1.165, 1.54) is 0 Å². The lowest BCUT2D eigenvalue weighted by Gasteiger charge is -2.12. The van der Waals surface area contributed by atoms with Gasteiger partial charge in [0.25, 0.3) is 0 Å². The van der Waals surface area contributed by atoms with Gasteiger partial charge in [0.2, 0.25) is 0 Å². The summed E-state index contributed by atoms with van der Waals surface area (Å²) in [6.45, 7) is 6.33. The number of phenolic OH excluding ortho intramolecular Hbond substituents is 1. The van der Waals surface area contributed by atoms with Crippen LogP contribution in [0.25, 0.3) is 0 Å². The lowest BCUT2D eigenvalue weighted by molar-refractivity contribution is 0.316. The predicted octanol–water partition coefficient (Wildman–Crippen LogP) is 3.02. The van der Waals surface area contributed by atoms with Gasteiger partial charge in [-0.2, -0.15) is 11.8 Å². The van der Waals surface area contributed by atoms with E-state index in [4.69, 9.17) is 4.74 Å². The Labute approximate surface area is 114 Å². The Kier molecular flexibility index (Phi) is 6.98. The molecule has 1 rings (SSSR count). The first-order valence-electron chi connectivity index (χ1n) is 6.36. The highest BCUT2D eigenvalue weighted by Gasteiger charge is 2.07. The van der Waals surface area contributed by atoms with E-state index in [-0.39, 0.29) is 5.75 Å². The molecular formula is C14H23NO2S. The predicted molar refractivity (Wildman–Crippen MR) is 78.6 cm³/mol. The number of phenols is 1. The Hall–Kier alpha value is -0.870. The molecule has 0 aliphatic carbocycles. The number of nitrogens with one attached hydrogen (secondary N) is 1. The number of thioether (sulfide) groups is 1. The van der Waals surface area contributed by atoms with Gasteiger partial charge in [0.15, 0.2) is 11.5 Å². The summed E-state index contributed by atoms with van der Waals surface area (Å²) in [6, 6.07) is 5.62. The van der Waals surface area contributed by atoms with Crippen LogP contribution in [0.2, 0.25) is 0 Å². The minimum absolute atomic E-state index is 0.254. The van der Waals surface area contributed by atoms with Gasteiger partial charge in [-0.25, -0.2) is 0 Å². The van der Waals surface area contributed by atoms with Crippen molar-refractivity contribution in [3.63, 3.8) is 0 Å². The van der Waals surface area contributed by atoms with Crippen LogP contribution in [-0.4, -0.2) is 29.8 Å². The van der Waals surface area contributed by atoms with Crippen molar-refractivity contribution < 1.29 is 9.84 Å². The first-order valence-corrected chi connectivity index (χ1v) is 7.65. The molecule has 0 heterocycles. The number of benzene rings is 1. The second-order valence-corrected chi connectivity index (χ2v) is 5.48. The fourth-order valence-corrected chi connectivity index (χ4v) is 1.98. The first kappa shape index (κ1) is 15.2. The van der Waals surface area contributed by atoms with Crippen LogP contribution in [0.1, 0.15) is 25.8 Å². The van der Waals surface area contributed by atoms with E-state index in [0.29, 0.717) is 24.2 Å². The van der Waals surface area contributed by atoms with Crippen molar-refractivity contribution in [3.05, 3.63) is 23.8 Å². The summed E-state index contributed by atoms with van der Waals surface area (Å²) in [5, 5.41) is 14.0. The lowest BCUT2D eigenvalue weighted by Crippen LogP contribution is -2.17. The number of hydrogen-bond donors (Lipinski definition) is 2. The van der Waals surface area contributed by atoms with E-state index < -0.39 is 0 Å². The zero-order chi connectivity index (χ0) is 13.4. The van der Waals surface area contributed by atoms with Gasteiger partial charge < -0.3 is 15.2 Å². The Morgan fingerprint density at radius 3 is 2.89 bits per heavy atom. The van der Waals surface area contributed by atoms with Crippen molar-refractivity contribution >= 4 is 11.8 Å². The third-order valence-corrected chi connectivity index (χ3v) is 3.87. The quantitative estimate of drug-likeness (QED) is 0.712. The number of para-hydroxylation sites is 1. The average molecular weight is 269 g/mol. The van der Waals surface area contributed by atoms with Crippen molar-refractivity contribution in [2.75, 3.05) is 19.4 Å². The van der Waals surface area contributed by atoms with Crippen LogP contribution in [0.3, 0.4) is 0 Å². The summed E-state index contributed by atoms with van der Waals surface area (Å²) in [5.41, 5.74) is 0.887. The SMILES string of the molecule is CCOc1cccc(CNCCC(C)SC)c1O. The maximum atomic E-state index is 10.0. The summed E-state index contributed by atoms with van der Waals surface area (Å²) >= 11 is 1.87. The van der Waals surface area contributed by atoms with E-state index in [1.807, 2.05) is 30.8 Å². The van der Waals surface area contributed by atoms with Crippen LogP contribution in [0.5, 0.6) is 11.5 Å². The first-order chi connectivity index (χ1) is 8.69. The molecule has 1 aromatic rings. The highest BCUT2D eigenvalue weighted by molar-refractivity contribution is 7.99. The Bertz CT molecular complexity index is 358. The van der Waals surface area contributed by atoms with E-state index >= 15 is 0 Å². The zero-order valence-corrected chi connectivity index (χ0v) is 12.2. The summed E-state index contributed by atoms with van der Waals surface area (Å²) in [4.78, 5) is 0. The minimum Gasteiger partial charge on any atom is -0.504 e. The fourth-order valence-electron chi connectivity index (χ4n) is 1.63. The monoisotopic (exact) mass is 269 g/mol. The van der Waals surface area contributed by atoms with Gasteiger partial charge in [-0.05, 0) is 32.2 Å². The van der Waals surface area contributed by atoms with E-state index in [2.05, 4.69) is 18.5 Å². The molecule has 1 aromatic carbocycles. The molecule has 2 N–H and O–H groups in total. The second kappa shape index (κ2) is 8.27. The molecule has 3 nitrogen and oxygen atoms in total. The standard InChI is InChI=1S/C14H23NO2S/c1-4-17-13-7-5-6-12(14(13)16)10-15-9-8-11(2)18-3/h5-7,11,15-16H,4,8-10H2,1-3H3. The summed E-state index contributed by atoms with van der Waals surface area (Å²) in [5.74, 6) is 0.819. The number of rotatable bonds is 8. The Morgan fingerprint density at radius 2 is 2.22 bits per heavy atom. The smallest absolute Gasteiger partial charge is 0.162 e. The Morgan fingerprint density at radius 1 is 1.44 bits per heavy atom. The third kappa shape index (κ3) is 4.78. The van der Waals surface area contributed by atoms with Crippen LogP contribution < -0.4 is 10.1 Å². The van der Waals surface area contributed by atoms with Crippen LogP contribution >= 0.6 is 11.8 Å². The average Bonchev–Trinajstić information content (AvgIpc) is 2.38. The van der Waals surface area contributed by atoms with Gasteiger partial charge in [0, 0.05) is 17.4 Å². The summed E-state index contributed by atoms with van der Waals surface area (Å²) < 4.78 is 5.36. The van der Waals surface area contributed by atoms with Gasteiger partial charge in [0.1, 0.15) is 0 Å². The number of hydrogen-bond acceptors (Lipinski definition) is 4. The van der Waals surface area contributed by atoms with E-state index in [1.54, 1.807) is 6.07 Å². The Balaban J connectivity index is 2.44. The maximum absolute atomic E-state index is 10.0. The third-order valence-electron chi connectivity index (χ3n) is 2.83. The molecule has 1 unspecified atom stereocenters. The molecular weight excluding hydrogens is 246 g/mol. The second-order valence-electron chi connectivity index (χ2n) is 4.21. The zero-order valence-electron chi connectivity index (χ0n) is 11.4. The highest BCUT2D eigenvalue weighted by Crippen LogP contribution is 2.29. The van der Waals surface area contributed by atoms with Crippen LogP contribution in [0.15, 0.2) is 18.2 Å². The number of aromatic hydroxyl groups is 1. The van der Waals surface area contributed by atoms with Crippen molar-refractivity contribution in [2.24, 2.45) is 0 Å². The van der Waals surface area contributed by atoms with Gasteiger partial charge in [-0.15, -0.1) is 0 Å². The van der Waals surface area contributed by atoms with Crippen molar-refractivity contribution in [1.82, 2.24) is 5.32 Å². The molecule has 0 fully saturated rings. The summed E-state index contributed by atoms with van der Waals surface area (Å²) in [6.07, 6.45) is 3.26. The molecule has 0 amide bonds. The topological polar surface area (TPSA) is 41.5 Å². The molecule has 0 aromatic heterocycles. The van der Waals surface area contributed by atoms with Crippen molar-refractivity contribution in [3.8, 4) is 11.5 Å². The van der Waals surface area contributed by atoms with Crippen LogP contribution in [0, 0.1) is 0 Å². The van der Waals surface area contributed by atoms with Crippen molar-refractivity contribution in [1.29, 1.82) is 0 Å². The molecule has 0 aliphatic heterocycles. The van der Waals surface area contributed by atoms with Gasteiger partial charge in [0.05, 0.1) is 6.61 Å². The highest BCUT2D eigenvalue weighted by atomic mass is 32.2. The summed E-state index contributed by atoms with van der Waals surface area (Å²) in [7, 11) is 0. The minimum atomic E-state index is 0.254. The van der Waals surface area contributed by atoms with Gasteiger partial charge in [-0.1, -0.05) is 19.1 Å². The molecule has 102 valence electrons. The largest absolute Gasteiger partial charge is 0.504 e. The molecule has 0 radical (unpaired) electrons. The fraction of sp³-hybridized carbons (Fsp3) is 0.571. The maximum Gasteiger partial charge on any atom is 0.162 e. The van der Waals surface area contributed by atoms with E-state index in [0.717, 1.165) is 18.5 Å². The normalized spacial score (nSPS) is 12.4. The molecule has 4 heteroatoms. The molecule has 0 saturated heterocycles. The molecule has 1 atom stereocenters. The van der Waals surface area contributed by atoms with Crippen LogP contribution in [0.4, 0.5) is 0 Å². The van der Waals surface area contributed by atoms with E-state index in [9.17, 15) is 5.11 Å². The van der Waals surface area contributed by atoms with Crippen LogP contribution in [-0.2, 0) is 6.54 Å². The lowest BCUT2D eigenvalue weighted by atomic mass is 10.2. The molecule has 0 spiro atoms. The molecule has 0 aliphatic rings. The van der Waals surface area contributed by atoms with Crippen molar-refractivity contribution in [2.45, 2.75) is 32.1 Å². The molecule has 0 saturated carbocycles. The van der Waals surface area contributed by atoms with Gasteiger partial charge >= 0.3 is 0 Å². The number of ether oxygens (including phenoxy) is 1. The molecule has 18 heavy (non-hydrogen) atoms. The molecule has 0 bridgehead atoms. The van der Waals surface area contributed by atoms with Gasteiger partial charge in [-0.3, -0.25) is 0 Å².